The summed E-state index contributed by atoms with van der Waals surface area (Å²) in [6.07, 6.45) is 2.07. The molecule has 21 heavy (non-hydrogen) atoms. The van der Waals surface area contributed by atoms with E-state index in [9.17, 15) is 4.79 Å². The minimum atomic E-state index is 0.0719. The lowest BCUT2D eigenvalue weighted by Gasteiger charge is -2.20. The van der Waals surface area contributed by atoms with Crippen LogP contribution in [0.4, 0.5) is 0 Å². The summed E-state index contributed by atoms with van der Waals surface area (Å²) in [5.41, 5.74) is 1.97. The highest BCUT2D eigenvalue weighted by Crippen LogP contribution is 2.13. The molecule has 114 valence electrons. The highest BCUT2D eigenvalue weighted by atomic mass is 16.2. The van der Waals surface area contributed by atoms with Crippen LogP contribution in [0, 0.1) is 17.8 Å². The van der Waals surface area contributed by atoms with Crippen molar-refractivity contribution in [1.82, 2.24) is 4.90 Å². The van der Waals surface area contributed by atoms with Gasteiger partial charge in [-0.1, -0.05) is 50.3 Å². The first-order valence-corrected chi connectivity index (χ1v) is 7.50. The monoisotopic (exact) mass is 287 g/mol. The summed E-state index contributed by atoms with van der Waals surface area (Å²) in [4.78, 5) is 13.9. The molecular formula is C18H25NO2. The van der Waals surface area contributed by atoms with Crippen molar-refractivity contribution in [2.24, 2.45) is 5.92 Å². The fourth-order valence-corrected chi connectivity index (χ4v) is 1.94. The molecule has 3 nitrogen and oxygen atoms in total. The standard InChI is InChI=1S/C18H25NO2/c1-4-15(2)13-18(21)19(3)14-17-11-6-5-9-16(17)10-7-8-12-20/h5-6,9,11,15,20H,4,8,12-14H2,1-3H3. The summed E-state index contributed by atoms with van der Waals surface area (Å²) in [6.45, 7) is 4.84. The van der Waals surface area contributed by atoms with Crippen molar-refractivity contribution >= 4 is 5.91 Å². The molecule has 0 bridgehead atoms. The molecule has 0 aliphatic carbocycles. The first-order valence-electron chi connectivity index (χ1n) is 7.50. The molecule has 1 aromatic carbocycles. The SMILES string of the molecule is CCC(C)CC(=O)N(C)Cc1ccccc1C#CCCO. The lowest BCUT2D eigenvalue weighted by molar-refractivity contribution is -0.131. The zero-order valence-electron chi connectivity index (χ0n) is 13.2. The minimum Gasteiger partial charge on any atom is -0.395 e. The fraction of sp³-hybridized carbons (Fsp3) is 0.500. The van der Waals surface area contributed by atoms with Gasteiger partial charge in [0, 0.05) is 32.0 Å². The van der Waals surface area contributed by atoms with Crippen molar-refractivity contribution in [3.05, 3.63) is 35.4 Å². The molecular weight excluding hydrogens is 262 g/mol. The van der Waals surface area contributed by atoms with E-state index in [2.05, 4.69) is 25.7 Å². The van der Waals surface area contributed by atoms with Crippen molar-refractivity contribution in [2.75, 3.05) is 13.7 Å². The van der Waals surface area contributed by atoms with Gasteiger partial charge in [-0.15, -0.1) is 0 Å². The van der Waals surface area contributed by atoms with Crippen molar-refractivity contribution in [3.63, 3.8) is 0 Å². The topological polar surface area (TPSA) is 40.5 Å². The number of carbonyl (C=O) groups excluding carboxylic acids is 1. The maximum atomic E-state index is 12.1. The van der Waals surface area contributed by atoms with E-state index in [-0.39, 0.29) is 12.5 Å². The first-order chi connectivity index (χ1) is 10.1. The molecule has 1 amide bonds. The van der Waals surface area contributed by atoms with E-state index in [1.807, 2.05) is 31.3 Å². The molecule has 1 N–H and O–H groups in total. The third-order valence-corrected chi connectivity index (χ3v) is 3.53. The molecule has 1 rings (SSSR count). The van der Waals surface area contributed by atoms with Crippen molar-refractivity contribution in [1.29, 1.82) is 0 Å². The van der Waals surface area contributed by atoms with E-state index in [0.29, 0.717) is 25.3 Å². The molecule has 3 heteroatoms. The lowest BCUT2D eigenvalue weighted by Crippen LogP contribution is -2.27. The predicted molar refractivity (Wildman–Crippen MR) is 85.6 cm³/mol. The molecule has 0 aliphatic rings. The van der Waals surface area contributed by atoms with Crippen LogP contribution in [0.25, 0.3) is 0 Å². The zero-order valence-corrected chi connectivity index (χ0v) is 13.2. The Kier molecular flexibility index (Phi) is 7.56. The van der Waals surface area contributed by atoms with Gasteiger partial charge in [0.05, 0.1) is 6.61 Å². The van der Waals surface area contributed by atoms with Gasteiger partial charge in [-0.3, -0.25) is 4.79 Å². The number of benzene rings is 1. The maximum absolute atomic E-state index is 12.1. The molecule has 0 aromatic heterocycles. The third kappa shape index (κ3) is 6.01. The van der Waals surface area contributed by atoms with E-state index in [4.69, 9.17) is 5.11 Å². The van der Waals surface area contributed by atoms with Crippen LogP contribution in [0.2, 0.25) is 0 Å². The summed E-state index contributed by atoms with van der Waals surface area (Å²) in [6, 6.07) is 7.84. The molecule has 0 spiro atoms. The Morgan fingerprint density at radius 3 is 2.76 bits per heavy atom. The Labute approximate surface area is 128 Å². The highest BCUT2D eigenvalue weighted by molar-refractivity contribution is 5.76. The number of hydrogen-bond acceptors (Lipinski definition) is 2. The van der Waals surface area contributed by atoms with Crippen molar-refractivity contribution in [3.8, 4) is 11.8 Å². The molecule has 0 saturated heterocycles. The van der Waals surface area contributed by atoms with Gasteiger partial charge in [0.2, 0.25) is 5.91 Å². The fourth-order valence-electron chi connectivity index (χ4n) is 1.94. The number of carbonyl (C=O) groups is 1. The Balaban J connectivity index is 2.74. The van der Waals surface area contributed by atoms with Crippen LogP contribution in [-0.2, 0) is 11.3 Å². The molecule has 0 fully saturated rings. The summed E-state index contributed by atoms with van der Waals surface area (Å²) in [5.74, 6) is 6.58. The van der Waals surface area contributed by atoms with E-state index >= 15 is 0 Å². The average molecular weight is 287 g/mol. The lowest BCUT2D eigenvalue weighted by atomic mass is 10.0. The Hall–Kier alpha value is -1.79. The van der Waals surface area contributed by atoms with Crippen LogP contribution >= 0.6 is 0 Å². The molecule has 1 aromatic rings. The number of aliphatic hydroxyl groups is 1. The number of amides is 1. The molecule has 1 unspecified atom stereocenters. The average Bonchev–Trinajstić information content (AvgIpc) is 2.48. The highest BCUT2D eigenvalue weighted by Gasteiger charge is 2.13. The molecule has 1 atom stereocenters. The molecule has 0 saturated carbocycles. The van der Waals surface area contributed by atoms with Gasteiger partial charge in [-0.05, 0) is 17.5 Å². The largest absolute Gasteiger partial charge is 0.395 e. The van der Waals surface area contributed by atoms with E-state index in [1.54, 1.807) is 4.90 Å². The smallest absolute Gasteiger partial charge is 0.222 e. The quantitative estimate of drug-likeness (QED) is 0.817. The summed E-state index contributed by atoms with van der Waals surface area (Å²) < 4.78 is 0. The van der Waals surface area contributed by atoms with Crippen LogP contribution in [0.1, 0.15) is 44.2 Å². The van der Waals surface area contributed by atoms with Crippen LogP contribution < -0.4 is 0 Å². The van der Waals surface area contributed by atoms with Gasteiger partial charge in [-0.2, -0.15) is 0 Å². The van der Waals surface area contributed by atoms with Crippen LogP contribution in [-0.4, -0.2) is 29.6 Å². The molecule has 0 aliphatic heterocycles. The second-order valence-electron chi connectivity index (χ2n) is 5.40. The number of aliphatic hydroxyl groups excluding tert-OH is 1. The second kappa shape index (κ2) is 9.20. The number of rotatable bonds is 6. The third-order valence-electron chi connectivity index (χ3n) is 3.53. The van der Waals surface area contributed by atoms with Gasteiger partial charge in [-0.25, -0.2) is 0 Å². The maximum Gasteiger partial charge on any atom is 0.222 e. The number of nitrogens with zero attached hydrogens (tertiary/aromatic N) is 1. The van der Waals surface area contributed by atoms with E-state index in [0.717, 1.165) is 17.5 Å². The summed E-state index contributed by atoms with van der Waals surface area (Å²) >= 11 is 0. The Morgan fingerprint density at radius 2 is 2.10 bits per heavy atom. The molecule has 0 radical (unpaired) electrons. The van der Waals surface area contributed by atoms with Gasteiger partial charge < -0.3 is 10.0 Å². The second-order valence-corrected chi connectivity index (χ2v) is 5.40. The van der Waals surface area contributed by atoms with Crippen LogP contribution in [0.5, 0.6) is 0 Å². The van der Waals surface area contributed by atoms with Gasteiger partial charge >= 0.3 is 0 Å². The van der Waals surface area contributed by atoms with Crippen molar-refractivity contribution < 1.29 is 9.90 Å². The van der Waals surface area contributed by atoms with Gasteiger partial charge in [0.15, 0.2) is 0 Å². The van der Waals surface area contributed by atoms with Gasteiger partial charge in [0.1, 0.15) is 0 Å². The van der Waals surface area contributed by atoms with Crippen LogP contribution in [0.15, 0.2) is 24.3 Å². The van der Waals surface area contributed by atoms with Gasteiger partial charge in [0.25, 0.3) is 0 Å². The van der Waals surface area contributed by atoms with E-state index < -0.39 is 0 Å². The first kappa shape index (κ1) is 17.3. The Bertz CT molecular complexity index is 513. The normalized spacial score (nSPS) is 11.4. The van der Waals surface area contributed by atoms with Crippen LogP contribution in [0.3, 0.4) is 0 Å². The zero-order chi connectivity index (χ0) is 15.7. The summed E-state index contributed by atoms with van der Waals surface area (Å²) in [5, 5.41) is 8.78. The van der Waals surface area contributed by atoms with Crippen molar-refractivity contribution in [2.45, 2.75) is 39.7 Å². The molecule has 0 heterocycles. The summed E-state index contributed by atoms with van der Waals surface area (Å²) in [7, 11) is 1.84. The predicted octanol–water partition coefficient (Wildman–Crippen LogP) is 2.82. The Morgan fingerprint density at radius 1 is 1.38 bits per heavy atom. The minimum absolute atomic E-state index is 0.0719. The van der Waals surface area contributed by atoms with E-state index in [1.165, 1.54) is 0 Å². The number of hydrogen-bond donors (Lipinski definition) is 1.